The van der Waals surface area contributed by atoms with Gasteiger partial charge in [-0.3, -0.25) is 9.59 Å². The van der Waals surface area contributed by atoms with Crippen molar-refractivity contribution in [1.82, 2.24) is 10.2 Å². The van der Waals surface area contributed by atoms with Gasteiger partial charge >= 0.3 is 0 Å². The number of halogens is 2. The third-order valence-electron chi connectivity index (χ3n) is 8.89. The fourth-order valence-electron chi connectivity index (χ4n) is 6.85. The minimum Gasteiger partial charge on any atom is -0.482 e. The monoisotopic (exact) mass is 676 g/mol. The molecule has 2 aromatic carbocycles. The lowest BCUT2D eigenvalue weighted by molar-refractivity contribution is -0.140. The first-order chi connectivity index (χ1) is 19.8. The maximum absolute atomic E-state index is 14.0. The molecule has 9 heteroatoms. The summed E-state index contributed by atoms with van der Waals surface area (Å²) in [4.78, 5) is 28.8. The zero-order chi connectivity index (χ0) is 28.9. The summed E-state index contributed by atoms with van der Waals surface area (Å²) in [6.07, 6.45) is 5.31. The third kappa shape index (κ3) is 7.29. The van der Waals surface area contributed by atoms with Gasteiger partial charge in [0.15, 0.2) is 0 Å². The van der Waals surface area contributed by atoms with E-state index in [9.17, 15) is 24.2 Å². The summed E-state index contributed by atoms with van der Waals surface area (Å²) in [5.74, 6) is 1.43. The quantitative estimate of drug-likeness (QED) is 0.310. The molecule has 3 aliphatic rings. The second-order valence-corrected chi connectivity index (χ2v) is 12.7. The van der Waals surface area contributed by atoms with Crippen molar-refractivity contribution in [1.29, 1.82) is 0 Å². The second-order valence-electron chi connectivity index (χ2n) is 11.6. The Morgan fingerprint density at radius 3 is 2.66 bits per heavy atom. The van der Waals surface area contributed by atoms with Crippen LogP contribution in [0.4, 0.5) is 4.39 Å². The zero-order valence-electron chi connectivity index (χ0n) is 23.1. The van der Waals surface area contributed by atoms with Crippen molar-refractivity contribution in [3.8, 4) is 5.75 Å². The summed E-state index contributed by atoms with van der Waals surface area (Å²) >= 11 is 2.16. The molecule has 0 aromatic heterocycles. The van der Waals surface area contributed by atoms with Gasteiger partial charge in [-0.05, 0) is 102 Å². The molecule has 5 rings (SSSR count). The van der Waals surface area contributed by atoms with Gasteiger partial charge in [-0.15, -0.1) is 0 Å². The van der Waals surface area contributed by atoms with Crippen LogP contribution >= 0.6 is 22.6 Å². The van der Waals surface area contributed by atoms with Crippen molar-refractivity contribution in [3.05, 3.63) is 75.1 Å². The van der Waals surface area contributed by atoms with E-state index < -0.39 is 18.2 Å². The molecule has 2 amide bonds. The largest absolute Gasteiger partial charge is 0.482 e. The van der Waals surface area contributed by atoms with Crippen LogP contribution in [0, 0.1) is 27.1 Å². The predicted molar refractivity (Wildman–Crippen MR) is 162 cm³/mol. The number of aliphatic hydroxyl groups is 2. The van der Waals surface area contributed by atoms with Crippen LogP contribution in [0.5, 0.6) is 5.75 Å². The third-order valence-corrected chi connectivity index (χ3v) is 9.78. The van der Waals surface area contributed by atoms with Gasteiger partial charge in [0.2, 0.25) is 11.8 Å². The summed E-state index contributed by atoms with van der Waals surface area (Å²) in [5, 5.41) is 23.6. The first kappa shape index (κ1) is 30.0. The molecule has 7 nitrogen and oxygen atoms in total. The van der Waals surface area contributed by atoms with Gasteiger partial charge in [0.1, 0.15) is 23.8 Å². The Bertz CT molecular complexity index is 1270. The van der Waals surface area contributed by atoms with E-state index in [1.807, 2.05) is 24.3 Å². The maximum atomic E-state index is 14.0. The minimum absolute atomic E-state index is 0.0481. The first-order valence-corrected chi connectivity index (χ1v) is 15.6. The highest BCUT2D eigenvalue weighted by Crippen LogP contribution is 2.49. The molecule has 2 bridgehead atoms. The molecule has 2 aromatic rings. The van der Waals surface area contributed by atoms with E-state index in [0.29, 0.717) is 41.9 Å². The average Bonchev–Trinajstić information content (AvgIpc) is 3.58. The van der Waals surface area contributed by atoms with Gasteiger partial charge in [-0.2, -0.15) is 0 Å². The van der Waals surface area contributed by atoms with E-state index in [0.717, 1.165) is 15.6 Å². The normalized spacial score (nSPS) is 26.9. The molecule has 3 N–H and O–H groups in total. The van der Waals surface area contributed by atoms with Crippen molar-refractivity contribution in [2.75, 3.05) is 19.7 Å². The number of rotatable bonds is 11. The van der Waals surface area contributed by atoms with Gasteiger partial charge in [0, 0.05) is 31.5 Å². The Kier molecular flexibility index (Phi) is 9.98. The molecule has 0 saturated heterocycles. The lowest BCUT2D eigenvalue weighted by atomic mass is 9.84. The molecular weight excluding hydrogens is 638 g/mol. The van der Waals surface area contributed by atoms with Gasteiger partial charge < -0.3 is 25.2 Å². The highest BCUT2D eigenvalue weighted by molar-refractivity contribution is 14.1. The molecule has 0 heterocycles. The Balaban J connectivity index is 1.42. The molecule has 3 aliphatic carbocycles. The second kappa shape index (κ2) is 13.6. The molecule has 0 aliphatic heterocycles. The number of amides is 2. The van der Waals surface area contributed by atoms with Crippen molar-refractivity contribution >= 4 is 34.4 Å². The molecule has 220 valence electrons. The number of ether oxygens (including phenoxy) is 1. The van der Waals surface area contributed by atoms with E-state index in [1.54, 1.807) is 23.1 Å². The molecule has 41 heavy (non-hydrogen) atoms. The van der Waals surface area contributed by atoms with E-state index in [1.165, 1.54) is 31.4 Å². The number of hydrogen-bond acceptors (Lipinski definition) is 5. The summed E-state index contributed by atoms with van der Waals surface area (Å²) in [7, 11) is 0. The molecular formula is C32H38FIN2O5. The van der Waals surface area contributed by atoms with Crippen LogP contribution in [0.15, 0.2) is 60.2 Å². The van der Waals surface area contributed by atoms with E-state index >= 15 is 0 Å². The number of hydrogen-bond donors (Lipinski definition) is 3. The highest BCUT2D eigenvalue weighted by atomic mass is 127. The predicted octanol–water partition coefficient (Wildman–Crippen LogP) is 4.24. The lowest BCUT2D eigenvalue weighted by Crippen LogP contribution is -2.55. The first-order valence-electron chi connectivity index (χ1n) is 14.5. The van der Waals surface area contributed by atoms with Gasteiger partial charge in [0.25, 0.3) is 0 Å². The van der Waals surface area contributed by atoms with E-state index in [2.05, 4.69) is 27.9 Å². The number of carbonyl (C=O) groups is 2. The highest BCUT2D eigenvalue weighted by Gasteiger charge is 2.44. The Morgan fingerprint density at radius 2 is 1.95 bits per heavy atom. The molecule has 2 saturated carbocycles. The summed E-state index contributed by atoms with van der Waals surface area (Å²) in [6, 6.07) is 13.1. The molecule has 0 spiro atoms. The fourth-order valence-corrected chi connectivity index (χ4v) is 7.37. The Labute approximate surface area is 254 Å². The standard InChI is InChI=1S/C32H38FIN2O5/c33-25-5-3-4-20(16-25)10-12-36(30(38)19-23-15-21-8-9-22(23)14-21)27-17-24(32(40)35-11-13-37)18-29(31(27)39)41-28-7-2-1-6-26(28)34/h1-7,16,18,21-23,27,29,31,37,39H,8-15,17,19H2,(H,35,40)/t21?,22?,23?,27-,29+,31+/m1/s1. The zero-order valence-corrected chi connectivity index (χ0v) is 25.2. The summed E-state index contributed by atoms with van der Waals surface area (Å²) < 4.78 is 21.0. The van der Waals surface area contributed by atoms with Crippen LogP contribution in [0.25, 0.3) is 0 Å². The number of aliphatic hydroxyl groups excluding tert-OH is 2. The number of para-hydroxylation sites is 1. The van der Waals surface area contributed by atoms with Gasteiger partial charge in [-0.25, -0.2) is 4.39 Å². The molecule has 0 radical (unpaired) electrons. The Hall–Kier alpha value is -2.50. The van der Waals surface area contributed by atoms with E-state index in [4.69, 9.17) is 4.74 Å². The SMILES string of the molecule is O=C(NCCO)C1=C[C@H](Oc2ccccc2I)[C@@H](O)[C@H](N(CCc2cccc(F)c2)C(=O)CC2CC3CCC2C3)C1. The van der Waals surface area contributed by atoms with Crippen LogP contribution in [0.1, 0.15) is 44.1 Å². The number of fused-ring (bicyclic) bond motifs is 2. The van der Waals surface area contributed by atoms with Crippen LogP contribution in [0.3, 0.4) is 0 Å². The van der Waals surface area contributed by atoms with Crippen LogP contribution in [-0.4, -0.2) is 64.9 Å². The summed E-state index contributed by atoms with van der Waals surface area (Å²) in [6.45, 7) is 0.179. The number of nitrogens with one attached hydrogen (secondary N) is 1. The van der Waals surface area contributed by atoms with Crippen molar-refractivity contribution in [2.45, 2.75) is 63.2 Å². The van der Waals surface area contributed by atoms with Crippen LogP contribution < -0.4 is 10.1 Å². The van der Waals surface area contributed by atoms with E-state index in [-0.39, 0.29) is 43.7 Å². The van der Waals surface area contributed by atoms with Crippen molar-refractivity contribution < 1.29 is 28.9 Å². The lowest BCUT2D eigenvalue weighted by Gasteiger charge is -2.41. The van der Waals surface area contributed by atoms with Crippen LogP contribution in [0.2, 0.25) is 0 Å². The fraction of sp³-hybridized carbons (Fsp3) is 0.500. The van der Waals surface area contributed by atoms with Gasteiger partial charge in [-0.1, -0.05) is 30.7 Å². The molecule has 6 atom stereocenters. The summed E-state index contributed by atoms with van der Waals surface area (Å²) in [5.41, 5.74) is 1.16. The van der Waals surface area contributed by atoms with Crippen LogP contribution in [-0.2, 0) is 16.0 Å². The van der Waals surface area contributed by atoms with Crippen molar-refractivity contribution in [3.63, 3.8) is 0 Å². The molecule has 3 unspecified atom stereocenters. The topological polar surface area (TPSA) is 99.1 Å². The number of nitrogens with zero attached hydrogens (tertiary/aromatic N) is 1. The smallest absolute Gasteiger partial charge is 0.247 e. The maximum Gasteiger partial charge on any atom is 0.247 e. The minimum atomic E-state index is -1.09. The van der Waals surface area contributed by atoms with Gasteiger partial charge in [0.05, 0.1) is 16.2 Å². The van der Waals surface area contributed by atoms with Crippen molar-refractivity contribution in [2.24, 2.45) is 17.8 Å². The Morgan fingerprint density at radius 1 is 1.12 bits per heavy atom. The average molecular weight is 677 g/mol. The molecule has 2 fully saturated rings. The number of benzene rings is 2. The number of carbonyl (C=O) groups excluding carboxylic acids is 2.